The van der Waals surface area contributed by atoms with Crippen LogP contribution in [0, 0.1) is 23.2 Å². The molecule has 0 aromatic heterocycles. The van der Waals surface area contributed by atoms with Gasteiger partial charge in [-0.2, -0.15) is 5.26 Å². The van der Waals surface area contributed by atoms with Crippen molar-refractivity contribution in [3.63, 3.8) is 0 Å². The predicted molar refractivity (Wildman–Crippen MR) is 67.1 cm³/mol. The second-order valence-corrected chi connectivity index (χ2v) is 5.18. The van der Waals surface area contributed by atoms with Crippen LogP contribution in [0.5, 0.6) is 0 Å². The summed E-state index contributed by atoms with van der Waals surface area (Å²) in [5, 5.41) is 11.9. The summed E-state index contributed by atoms with van der Waals surface area (Å²) < 4.78 is 0. The molecule has 1 unspecified atom stereocenters. The second-order valence-electron chi connectivity index (χ2n) is 5.18. The van der Waals surface area contributed by atoms with Crippen LogP contribution in [0.1, 0.15) is 33.1 Å². The van der Waals surface area contributed by atoms with E-state index in [-0.39, 0.29) is 6.04 Å². The van der Waals surface area contributed by atoms with Gasteiger partial charge in [0.1, 0.15) is 0 Å². The van der Waals surface area contributed by atoms with Crippen LogP contribution in [0.4, 0.5) is 0 Å². The van der Waals surface area contributed by atoms with E-state index in [1.54, 1.807) is 0 Å². The number of hydrogen-bond donors (Lipinski definition) is 1. The number of hydrogen-bond acceptors (Lipinski definition) is 3. The molecule has 1 saturated heterocycles. The molecule has 0 bridgehead atoms. The lowest BCUT2D eigenvalue weighted by Crippen LogP contribution is -2.38. The van der Waals surface area contributed by atoms with E-state index < -0.39 is 0 Å². The van der Waals surface area contributed by atoms with E-state index in [2.05, 4.69) is 30.1 Å². The number of piperidine rings is 1. The van der Waals surface area contributed by atoms with Gasteiger partial charge in [0.25, 0.3) is 0 Å². The summed E-state index contributed by atoms with van der Waals surface area (Å²) >= 11 is 0. The SMILES string of the molecule is CNC(C#N)CCN1CCC(C(C)C)CC1. The molecule has 0 spiro atoms. The molecule has 0 aromatic rings. The highest BCUT2D eigenvalue weighted by Crippen LogP contribution is 2.24. The summed E-state index contributed by atoms with van der Waals surface area (Å²) in [4.78, 5) is 2.50. The van der Waals surface area contributed by atoms with Crippen molar-refractivity contribution in [2.45, 2.75) is 39.2 Å². The quantitative estimate of drug-likeness (QED) is 0.773. The summed E-state index contributed by atoms with van der Waals surface area (Å²) in [6, 6.07) is 2.30. The average Bonchev–Trinajstić information content (AvgIpc) is 2.31. The third-order valence-corrected chi connectivity index (χ3v) is 3.81. The van der Waals surface area contributed by atoms with Crippen LogP contribution in [0.15, 0.2) is 0 Å². The van der Waals surface area contributed by atoms with E-state index >= 15 is 0 Å². The van der Waals surface area contributed by atoms with E-state index in [1.165, 1.54) is 25.9 Å². The van der Waals surface area contributed by atoms with Crippen molar-refractivity contribution in [2.24, 2.45) is 11.8 Å². The fraction of sp³-hybridized carbons (Fsp3) is 0.923. The Morgan fingerprint density at radius 1 is 1.38 bits per heavy atom. The predicted octanol–water partition coefficient (Wildman–Crippen LogP) is 1.86. The maximum Gasteiger partial charge on any atom is 0.0962 e. The Bertz CT molecular complexity index is 224. The number of nitrogens with zero attached hydrogens (tertiary/aromatic N) is 2. The number of nitrogens with one attached hydrogen (secondary N) is 1. The zero-order valence-electron chi connectivity index (χ0n) is 10.9. The van der Waals surface area contributed by atoms with Crippen molar-refractivity contribution in [1.29, 1.82) is 5.26 Å². The Balaban J connectivity index is 2.20. The van der Waals surface area contributed by atoms with E-state index in [0.717, 1.165) is 24.8 Å². The van der Waals surface area contributed by atoms with Gasteiger partial charge in [-0.25, -0.2) is 0 Å². The minimum atomic E-state index is 0.0165. The third-order valence-electron chi connectivity index (χ3n) is 3.81. The van der Waals surface area contributed by atoms with Crippen molar-refractivity contribution < 1.29 is 0 Å². The molecular weight excluding hydrogens is 198 g/mol. The van der Waals surface area contributed by atoms with Gasteiger partial charge in [-0.1, -0.05) is 13.8 Å². The molecule has 1 aliphatic heterocycles. The molecule has 92 valence electrons. The largest absolute Gasteiger partial charge is 0.305 e. The van der Waals surface area contributed by atoms with Crippen LogP contribution < -0.4 is 5.32 Å². The van der Waals surface area contributed by atoms with E-state index in [9.17, 15) is 0 Å². The number of nitriles is 1. The topological polar surface area (TPSA) is 39.1 Å². The highest BCUT2D eigenvalue weighted by atomic mass is 15.1. The van der Waals surface area contributed by atoms with Gasteiger partial charge in [0, 0.05) is 6.54 Å². The van der Waals surface area contributed by atoms with Crippen molar-refractivity contribution in [3.05, 3.63) is 0 Å². The molecular formula is C13H25N3. The van der Waals surface area contributed by atoms with Crippen LogP contribution in [0.2, 0.25) is 0 Å². The number of rotatable bonds is 5. The molecule has 1 fully saturated rings. The van der Waals surface area contributed by atoms with Crippen LogP contribution in [0.25, 0.3) is 0 Å². The Kier molecular flexibility index (Phi) is 5.79. The van der Waals surface area contributed by atoms with Crippen LogP contribution in [0.3, 0.4) is 0 Å². The smallest absolute Gasteiger partial charge is 0.0962 e. The fourth-order valence-electron chi connectivity index (χ4n) is 2.43. The van der Waals surface area contributed by atoms with Gasteiger partial charge in [0.15, 0.2) is 0 Å². The molecule has 3 nitrogen and oxygen atoms in total. The normalized spacial score (nSPS) is 20.9. The van der Waals surface area contributed by atoms with Crippen LogP contribution in [-0.4, -0.2) is 37.6 Å². The maximum absolute atomic E-state index is 8.84. The molecule has 1 atom stereocenters. The monoisotopic (exact) mass is 223 g/mol. The molecule has 0 aromatic carbocycles. The van der Waals surface area contributed by atoms with Gasteiger partial charge in [-0.3, -0.25) is 0 Å². The summed E-state index contributed by atoms with van der Waals surface area (Å²) in [7, 11) is 1.86. The summed E-state index contributed by atoms with van der Waals surface area (Å²) in [6.07, 6.45) is 3.60. The molecule has 1 heterocycles. The Morgan fingerprint density at radius 2 is 2.00 bits per heavy atom. The summed E-state index contributed by atoms with van der Waals surface area (Å²) in [5.74, 6) is 1.73. The molecule has 0 amide bonds. The zero-order valence-corrected chi connectivity index (χ0v) is 10.9. The van der Waals surface area contributed by atoms with Crippen molar-refractivity contribution >= 4 is 0 Å². The number of likely N-dealkylation sites (tertiary alicyclic amines) is 1. The van der Waals surface area contributed by atoms with Gasteiger partial charge in [0.05, 0.1) is 12.1 Å². The molecule has 3 heteroatoms. The first-order valence-electron chi connectivity index (χ1n) is 6.46. The van der Waals surface area contributed by atoms with Gasteiger partial charge in [-0.05, 0) is 51.2 Å². The van der Waals surface area contributed by atoms with Gasteiger partial charge in [0.2, 0.25) is 0 Å². The molecule has 16 heavy (non-hydrogen) atoms. The standard InChI is InChI=1S/C13H25N3/c1-11(2)12-4-7-16(8-5-12)9-6-13(10-14)15-3/h11-13,15H,4-9H2,1-3H3. The second kappa shape index (κ2) is 6.88. The van der Waals surface area contributed by atoms with Gasteiger partial charge < -0.3 is 10.2 Å². The first-order valence-corrected chi connectivity index (χ1v) is 6.46. The molecule has 0 saturated carbocycles. The third kappa shape index (κ3) is 4.11. The lowest BCUT2D eigenvalue weighted by molar-refractivity contribution is 0.155. The molecule has 1 N–H and O–H groups in total. The lowest BCUT2D eigenvalue weighted by atomic mass is 9.86. The van der Waals surface area contributed by atoms with Crippen molar-refractivity contribution in [2.75, 3.05) is 26.7 Å². The van der Waals surface area contributed by atoms with Crippen LogP contribution >= 0.6 is 0 Å². The van der Waals surface area contributed by atoms with E-state index in [1.807, 2.05) is 7.05 Å². The molecule has 0 radical (unpaired) electrons. The van der Waals surface area contributed by atoms with Gasteiger partial charge >= 0.3 is 0 Å². The molecule has 1 rings (SSSR count). The van der Waals surface area contributed by atoms with Gasteiger partial charge in [-0.15, -0.1) is 0 Å². The van der Waals surface area contributed by atoms with E-state index in [0.29, 0.717) is 0 Å². The first-order chi connectivity index (χ1) is 7.67. The summed E-state index contributed by atoms with van der Waals surface area (Å²) in [6.45, 7) is 8.14. The van der Waals surface area contributed by atoms with Crippen LogP contribution in [-0.2, 0) is 0 Å². The van der Waals surface area contributed by atoms with Crippen molar-refractivity contribution in [1.82, 2.24) is 10.2 Å². The maximum atomic E-state index is 8.84. The minimum absolute atomic E-state index is 0.0165. The molecule has 0 aliphatic carbocycles. The van der Waals surface area contributed by atoms with E-state index in [4.69, 9.17) is 5.26 Å². The van der Waals surface area contributed by atoms with Crippen molar-refractivity contribution in [3.8, 4) is 6.07 Å². The zero-order chi connectivity index (χ0) is 12.0. The lowest BCUT2D eigenvalue weighted by Gasteiger charge is -2.34. The highest BCUT2D eigenvalue weighted by molar-refractivity contribution is 4.89. The summed E-state index contributed by atoms with van der Waals surface area (Å²) in [5.41, 5.74) is 0. The Morgan fingerprint density at radius 3 is 2.44 bits per heavy atom. The minimum Gasteiger partial charge on any atom is -0.305 e. The fourth-order valence-corrected chi connectivity index (χ4v) is 2.43. The highest BCUT2D eigenvalue weighted by Gasteiger charge is 2.21. The Hall–Kier alpha value is -0.590. The molecule has 1 aliphatic rings. The first kappa shape index (κ1) is 13.5. The average molecular weight is 223 g/mol. The Labute approximate surface area is 99.8 Å².